The molecule has 1 aromatic carbocycles. The van der Waals surface area contributed by atoms with E-state index in [2.05, 4.69) is 30.6 Å². The number of halogens is 2. The monoisotopic (exact) mass is 370 g/mol. The van der Waals surface area contributed by atoms with Crippen molar-refractivity contribution in [3.8, 4) is 22.8 Å². The van der Waals surface area contributed by atoms with Crippen molar-refractivity contribution < 1.29 is 13.2 Å². The highest BCUT2D eigenvalue weighted by atomic mass is 19.3. The maximum absolute atomic E-state index is 12.5. The zero-order valence-electron chi connectivity index (χ0n) is 13.7. The number of nitrogens with zero attached hydrogens (tertiary/aromatic N) is 7. The van der Waals surface area contributed by atoms with Crippen LogP contribution in [0.15, 0.2) is 47.1 Å². The summed E-state index contributed by atoms with van der Waals surface area (Å²) in [6.45, 7) is 0.370. The third-order valence-corrected chi connectivity index (χ3v) is 3.62. The number of hydrogen-bond acceptors (Lipinski definition) is 8. The third kappa shape index (κ3) is 3.61. The number of nitrogen functional groups attached to an aromatic ring is 1. The maximum Gasteiger partial charge on any atom is 0.314 e. The Morgan fingerprint density at radius 2 is 1.85 bits per heavy atom. The minimum absolute atomic E-state index is 0.0344. The molecule has 0 unspecified atom stereocenters. The first-order valence-electron chi connectivity index (χ1n) is 7.78. The first-order valence-corrected chi connectivity index (χ1v) is 7.78. The molecule has 3 heterocycles. The minimum atomic E-state index is -2.80. The second-order valence-corrected chi connectivity index (χ2v) is 5.59. The molecule has 4 rings (SSSR count). The van der Waals surface area contributed by atoms with Gasteiger partial charge in [-0.2, -0.15) is 13.6 Å². The largest absolute Gasteiger partial charge is 0.415 e. The molecule has 0 atom stereocenters. The van der Waals surface area contributed by atoms with Crippen molar-refractivity contribution in [1.82, 2.24) is 35.4 Å². The smallest absolute Gasteiger partial charge is 0.314 e. The summed E-state index contributed by atoms with van der Waals surface area (Å²) in [4.78, 5) is 5.42. The summed E-state index contributed by atoms with van der Waals surface area (Å²) < 4.78 is 30.0. The van der Waals surface area contributed by atoms with E-state index < -0.39 is 12.3 Å². The molecule has 0 saturated carbocycles. The average molecular weight is 370 g/mol. The van der Waals surface area contributed by atoms with Crippen LogP contribution in [-0.2, 0) is 6.54 Å². The van der Waals surface area contributed by atoms with Crippen LogP contribution in [0.4, 0.5) is 14.5 Å². The van der Waals surface area contributed by atoms with Gasteiger partial charge in [0.1, 0.15) is 0 Å². The number of alkyl halides is 2. The zero-order chi connectivity index (χ0) is 18.8. The van der Waals surface area contributed by atoms with Crippen molar-refractivity contribution in [1.29, 1.82) is 0 Å². The van der Waals surface area contributed by atoms with E-state index in [4.69, 9.17) is 10.2 Å². The van der Waals surface area contributed by atoms with Crippen LogP contribution >= 0.6 is 0 Å². The number of hydrogen-bond donors (Lipinski definition) is 1. The summed E-state index contributed by atoms with van der Waals surface area (Å²) in [5.41, 5.74) is 8.30. The molecule has 0 aliphatic carbocycles. The lowest BCUT2D eigenvalue weighted by atomic mass is 10.1. The summed E-state index contributed by atoms with van der Waals surface area (Å²) in [6.07, 6.45) is 0.335. The highest BCUT2D eigenvalue weighted by Gasteiger charge is 2.17. The summed E-state index contributed by atoms with van der Waals surface area (Å²) in [5, 5.41) is 19.2. The Morgan fingerprint density at radius 3 is 2.56 bits per heavy atom. The van der Waals surface area contributed by atoms with Crippen LogP contribution in [0.1, 0.15) is 17.9 Å². The second kappa shape index (κ2) is 6.86. The van der Waals surface area contributed by atoms with Gasteiger partial charge in [0.25, 0.3) is 5.89 Å². The van der Waals surface area contributed by atoms with E-state index in [1.807, 2.05) is 0 Å². The Balaban J connectivity index is 1.49. The van der Waals surface area contributed by atoms with Crippen molar-refractivity contribution in [2.75, 3.05) is 5.73 Å². The Bertz CT molecular complexity index is 1060. The van der Waals surface area contributed by atoms with Crippen LogP contribution in [0.2, 0.25) is 0 Å². The fraction of sp³-hybridized carbons (Fsp3) is 0.125. The molecule has 0 aliphatic heterocycles. The molecule has 0 amide bonds. The lowest BCUT2D eigenvalue weighted by Gasteiger charge is -2.01. The van der Waals surface area contributed by atoms with Crippen molar-refractivity contribution >= 4 is 5.69 Å². The predicted molar refractivity (Wildman–Crippen MR) is 89.3 cm³/mol. The van der Waals surface area contributed by atoms with E-state index >= 15 is 0 Å². The van der Waals surface area contributed by atoms with Gasteiger partial charge in [-0.15, -0.1) is 20.4 Å². The number of anilines is 1. The lowest BCUT2D eigenvalue weighted by molar-refractivity contribution is 0.116. The summed E-state index contributed by atoms with van der Waals surface area (Å²) in [6, 6.07) is 8.66. The molecule has 0 radical (unpaired) electrons. The van der Waals surface area contributed by atoms with Crippen LogP contribution < -0.4 is 5.73 Å². The van der Waals surface area contributed by atoms with Crippen molar-refractivity contribution in [2.24, 2.45) is 0 Å². The number of aromatic nitrogens is 7. The molecule has 3 aromatic heterocycles. The minimum Gasteiger partial charge on any atom is -0.415 e. The van der Waals surface area contributed by atoms with Crippen molar-refractivity contribution in [2.45, 2.75) is 13.0 Å². The second-order valence-electron chi connectivity index (χ2n) is 5.59. The number of tetrazole rings is 1. The van der Waals surface area contributed by atoms with Crippen LogP contribution in [0.5, 0.6) is 0 Å². The molecule has 9 nitrogen and oxygen atoms in total. The Labute approximate surface area is 150 Å². The van der Waals surface area contributed by atoms with Gasteiger partial charge in [0.2, 0.25) is 11.7 Å². The van der Waals surface area contributed by atoms with Crippen LogP contribution in [0.3, 0.4) is 0 Å². The molecule has 11 heteroatoms. The van der Waals surface area contributed by atoms with Crippen molar-refractivity contribution in [3.63, 3.8) is 0 Å². The van der Waals surface area contributed by atoms with Crippen LogP contribution in [0, 0.1) is 0 Å². The Kier molecular flexibility index (Phi) is 4.24. The van der Waals surface area contributed by atoms with Crippen LogP contribution in [0.25, 0.3) is 22.8 Å². The molecule has 2 N–H and O–H groups in total. The van der Waals surface area contributed by atoms with E-state index in [-0.39, 0.29) is 5.89 Å². The first kappa shape index (κ1) is 16.7. The molecule has 0 fully saturated rings. The highest BCUT2D eigenvalue weighted by molar-refractivity contribution is 5.58. The Morgan fingerprint density at radius 1 is 1.04 bits per heavy atom. The summed E-state index contributed by atoms with van der Waals surface area (Å²) in [5.74, 6) is -0.256. The molecule has 0 aliphatic rings. The molecular weight excluding hydrogens is 358 g/mol. The van der Waals surface area contributed by atoms with E-state index in [0.717, 1.165) is 5.56 Å². The highest BCUT2D eigenvalue weighted by Crippen LogP contribution is 2.23. The molecular formula is C16H12F2N8O. The fourth-order valence-electron chi connectivity index (χ4n) is 2.36. The molecule has 4 aromatic rings. The SMILES string of the molecule is Nc1cncc(-c2nnn(Cc3ccc(-c4nnc(C(F)F)o4)cc3)n2)c1. The van der Waals surface area contributed by atoms with Gasteiger partial charge >= 0.3 is 6.43 Å². The molecule has 27 heavy (non-hydrogen) atoms. The van der Waals surface area contributed by atoms with Gasteiger partial charge in [-0.05, 0) is 29.0 Å². The van der Waals surface area contributed by atoms with Gasteiger partial charge in [0, 0.05) is 23.5 Å². The van der Waals surface area contributed by atoms with E-state index in [1.54, 1.807) is 36.5 Å². The maximum atomic E-state index is 12.5. The predicted octanol–water partition coefficient (Wildman–Crippen LogP) is 2.35. The summed E-state index contributed by atoms with van der Waals surface area (Å²) in [7, 11) is 0. The molecule has 0 saturated heterocycles. The van der Waals surface area contributed by atoms with E-state index in [0.29, 0.717) is 29.2 Å². The van der Waals surface area contributed by atoms with Gasteiger partial charge < -0.3 is 10.2 Å². The van der Waals surface area contributed by atoms with Gasteiger partial charge in [0.05, 0.1) is 12.2 Å². The average Bonchev–Trinajstić information content (AvgIpc) is 3.32. The molecule has 0 bridgehead atoms. The van der Waals surface area contributed by atoms with Gasteiger partial charge in [-0.1, -0.05) is 12.1 Å². The third-order valence-electron chi connectivity index (χ3n) is 3.62. The van der Waals surface area contributed by atoms with E-state index in [9.17, 15) is 8.78 Å². The number of benzene rings is 1. The number of nitrogens with two attached hydrogens (primary N) is 1. The fourth-order valence-corrected chi connectivity index (χ4v) is 2.36. The number of rotatable bonds is 5. The Hall–Kier alpha value is -3.76. The van der Waals surface area contributed by atoms with E-state index in [1.165, 1.54) is 11.0 Å². The number of pyridine rings is 1. The van der Waals surface area contributed by atoms with Crippen molar-refractivity contribution in [3.05, 3.63) is 54.2 Å². The molecule has 0 spiro atoms. The normalized spacial score (nSPS) is 11.2. The zero-order valence-corrected chi connectivity index (χ0v) is 13.7. The quantitative estimate of drug-likeness (QED) is 0.568. The van der Waals surface area contributed by atoms with Gasteiger partial charge in [-0.25, -0.2) is 0 Å². The summed E-state index contributed by atoms with van der Waals surface area (Å²) >= 11 is 0. The lowest BCUT2D eigenvalue weighted by Crippen LogP contribution is -2.04. The van der Waals surface area contributed by atoms with Crippen LogP contribution in [-0.4, -0.2) is 35.4 Å². The first-order chi connectivity index (χ1) is 13.1. The topological polar surface area (TPSA) is 121 Å². The van der Waals surface area contributed by atoms with Gasteiger partial charge in [-0.3, -0.25) is 4.98 Å². The van der Waals surface area contributed by atoms with Gasteiger partial charge in [0.15, 0.2) is 0 Å². The molecule has 136 valence electrons. The standard InChI is InChI=1S/C16H12F2N8O/c17-13(18)16-23-22-15(27-16)10-3-1-9(2-4-10)8-26-24-14(21-25-26)11-5-12(19)7-20-6-11/h1-7,13H,8,19H2.